The van der Waals surface area contributed by atoms with Crippen LogP contribution in [-0.4, -0.2) is 26.6 Å². The summed E-state index contributed by atoms with van der Waals surface area (Å²) in [6.45, 7) is 7.94. The van der Waals surface area contributed by atoms with Gasteiger partial charge in [0.15, 0.2) is 4.80 Å². The molecule has 6 rings (SSSR count). The zero-order chi connectivity index (χ0) is 31.1. The molecule has 222 valence electrons. The molecule has 0 N–H and O–H groups in total. The quantitative estimate of drug-likeness (QED) is 0.141. The van der Waals surface area contributed by atoms with E-state index in [1.165, 1.54) is 33.1 Å². The molecular weight excluding hydrogens is 576 g/mol. The van der Waals surface area contributed by atoms with Gasteiger partial charge in [-0.3, -0.25) is 19.5 Å². The molecule has 0 saturated carbocycles. The summed E-state index contributed by atoms with van der Waals surface area (Å²) in [5.74, 6) is -0.615. The number of para-hydroxylation sites is 1. The van der Waals surface area contributed by atoms with Crippen LogP contribution in [0.15, 0.2) is 94.0 Å². The molecule has 10 heteroatoms. The first-order valence-corrected chi connectivity index (χ1v) is 15.1. The summed E-state index contributed by atoms with van der Waals surface area (Å²) in [5, 5.41) is 12.8. The van der Waals surface area contributed by atoms with Gasteiger partial charge in [0.2, 0.25) is 0 Å². The van der Waals surface area contributed by atoms with Crippen LogP contribution in [0.2, 0.25) is 0 Å². The number of nitrogens with zero attached hydrogens (tertiary/aromatic N) is 4. The Balaban J connectivity index is 1.54. The Morgan fingerprint density at radius 2 is 1.82 bits per heavy atom. The minimum Gasteiger partial charge on any atom is -0.463 e. The third kappa shape index (κ3) is 5.07. The van der Waals surface area contributed by atoms with Crippen molar-refractivity contribution in [2.24, 2.45) is 4.99 Å². The molecule has 0 aliphatic carbocycles. The van der Waals surface area contributed by atoms with Gasteiger partial charge in [0.1, 0.15) is 0 Å². The van der Waals surface area contributed by atoms with E-state index in [1.54, 1.807) is 32.9 Å². The largest absolute Gasteiger partial charge is 0.463 e. The van der Waals surface area contributed by atoms with Crippen molar-refractivity contribution in [1.82, 2.24) is 9.13 Å². The number of hydrogen-bond donors (Lipinski definition) is 0. The summed E-state index contributed by atoms with van der Waals surface area (Å²) in [7, 11) is 0. The maximum absolute atomic E-state index is 14.2. The molecule has 5 aromatic rings. The molecule has 0 unspecified atom stereocenters. The molecule has 0 amide bonds. The number of nitro benzene ring substituents is 1. The second kappa shape index (κ2) is 11.5. The summed E-state index contributed by atoms with van der Waals surface area (Å²) >= 11 is 1.22. The van der Waals surface area contributed by atoms with Crippen molar-refractivity contribution in [3.8, 4) is 0 Å². The van der Waals surface area contributed by atoms with E-state index in [0.29, 0.717) is 32.7 Å². The molecule has 3 aromatic carbocycles. The fourth-order valence-corrected chi connectivity index (χ4v) is 6.77. The second-order valence-electron chi connectivity index (χ2n) is 10.8. The van der Waals surface area contributed by atoms with Crippen LogP contribution in [0.3, 0.4) is 0 Å². The van der Waals surface area contributed by atoms with Gasteiger partial charge in [-0.25, -0.2) is 9.79 Å². The lowest BCUT2D eigenvalue weighted by atomic mass is 9.94. The number of aryl methyl sites for hydroxylation is 2. The maximum atomic E-state index is 14.2. The van der Waals surface area contributed by atoms with E-state index in [9.17, 15) is 19.7 Å². The third-order valence-corrected chi connectivity index (χ3v) is 8.95. The van der Waals surface area contributed by atoms with Crippen molar-refractivity contribution in [1.29, 1.82) is 0 Å². The summed E-state index contributed by atoms with van der Waals surface area (Å²) < 4.78 is 9.43. The number of carbonyl (C=O) groups excluding carboxylic acids is 1. The lowest BCUT2D eigenvalue weighted by Crippen LogP contribution is -2.40. The standard InChI is InChI=1S/C34H30N4O5S/c1-5-43-33(40)30-22(4)35-34-37(31(30)23-15-14-21(3)28(16-23)38(41)42)32(39)29(44-34)17-25-19-36(27-13-9-8-12-26(25)27)18-24-11-7-6-10-20(24)2/h6-17,19,31H,5,18H2,1-4H3/b29-17+/t31-/m0/s1. The molecule has 0 saturated heterocycles. The van der Waals surface area contributed by atoms with E-state index < -0.39 is 16.9 Å². The van der Waals surface area contributed by atoms with Crippen LogP contribution in [0, 0.1) is 24.0 Å². The molecule has 3 heterocycles. The molecule has 1 aliphatic heterocycles. The third-order valence-electron chi connectivity index (χ3n) is 7.97. The van der Waals surface area contributed by atoms with E-state index in [2.05, 4.69) is 34.7 Å². The topological polar surface area (TPSA) is 109 Å². The Morgan fingerprint density at radius 3 is 2.57 bits per heavy atom. The first-order chi connectivity index (χ1) is 21.2. The lowest BCUT2D eigenvalue weighted by Gasteiger charge is -2.24. The Bertz CT molecular complexity index is 2190. The molecule has 0 spiro atoms. The smallest absolute Gasteiger partial charge is 0.338 e. The molecule has 44 heavy (non-hydrogen) atoms. The number of thiazole rings is 1. The van der Waals surface area contributed by atoms with E-state index in [0.717, 1.165) is 16.5 Å². The molecule has 0 fully saturated rings. The minimum atomic E-state index is -0.936. The van der Waals surface area contributed by atoms with Gasteiger partial charge in [-0.15, -0.1) is 0 Å². The molecule has 0 radical (unpaired) electrons. The molecule has 1 aliphatic rings. The minimum absolute atomic E-state index is 0.0936. The van der Waals surface area contributed by atoms with E-state index >= 15 is 0 Å². The van der Waals surface area contributed by atoms with Crippen LogP contribution in [0.4, 0.5) is 5.69 Å². The first-order valence-electron chi connectivity index (χ1n) is 14.2. The molecule has 2 aromatic heterocycles. The Labute approximate surface area is 256 Å². The average Bonchev–Trinajstić information content (AvgIpc) is 3.50. The fraction of sp³-hybridized carbons (Fsp3) is 0.206. The van der Waals surface area contributed by atoms with Crippen LogP contribution in [0.5, 0.6) is 0 Å². The predicted molar refractivity (Wildman–Crippen MR) is 170 cm³/mol. The Morgan fingerprint density at radius 1 is 1.07 bits per heavy atom. The van der Waals surface area contributed by atoms with Crippen LogP contribution in [0.1, 0.15) is 47.7 Å². The van der Waals surface area contributed by atoms with Crippen molar-refractivity contribution >= 4 is 40.0 Å². The van der Waals surface area contributed by atoms with E-state index in [-0.39, 0.29) is 23.4 Å². The van der Waals surface area contributed by atoms with Gasteiger partial charge in [-0.2, -0.15) is 0 Å². The van der Waals surface area contributed by atoms with Gasteiger partial charge in [0.05, 0.1) is 33.4 Å². The van der Waals surface area contributed by atoms with Gasteiger partial charge in [0, 0.05) is 40.8 Å². The summed E-state index contributed by atoms with van der Waals surface area (Å²) in [5.41, 5.74) is 5.38. The van der Waals surface area contributed by atoms with Crippen LogP contribution in [0.25, 0.3) is 17.0 Å². The maximum Gasteiger partial charge on any atom is 0.338 e. The number of allylic oxidation sites excluding steroid dienone is 1. The van der Waals surface area contributed by atoms with E-state index in [4.69, 9.17) is 4.74 Å². The SMILES string of the molecule is CCOC(=O)C1=C(C)N=c2s/c(=C/c3cn(Cc4ccccc4C)c4ccccc34)c(=O)n2[C@H]1c1ccc(C)c([N+](=O)[O-])c1. The zero-order valence-corrected chi connectivity index (χ0v) is 25.6. The summed E-state index contributed by atoms with van der Waals surface area (Å²) in [6, 6.07) is 20.1. The predicted octanol–water partition coefficient (Wildman–Crippen LogP) is 5.33. The second-order valence-corrected chi connectivity index (χ2v) is 11.8. The van der Waals surface area contributed by atoms with Gasteiger partial charge in [0.25, 0.3) is 11.2 Å². The van der Waals surface area contributed by atoms with Crippen molar-refractivity contribution in [3.63, 3.8) is 0 Å². The lowest BCUT2D eigenvalue weighted by molar-refractivity contribution is -0.385. The van der Waals surface area contributed by atoms with Gasteiger partial charge >= 0.3 is 5.97 Å². The number of rotatable bonds is 7. The highest BCUT2D eigenvalue weighted by Gasteiger charge is 2.34. The van der Waals surface area contributed by atoms with Gasteiger partial charge in [-0.05, 0) is 56.5 Å². The highest BCUT2D eigenvalue weighted by Crippen LogP contribution is 2.33. The summed E-state index contributed by atoms with van der Waals surface area (Å²) in [6.07, 6.45) is 3.91. The first kappa shape index (κ1) is 29.0. The van der Waals surface area contributed by atoms with Crippen LogP contribution >= 0.6 is 11.3 Å². The van der Waals surface area contributed by atoms with Gasteiger partial charge in [-0.1, -0.05) is 65.9 Å². The Kier molecular flexibility index (Phi) is 7.60. The number of aromatic nitrogens is 2. The number of nitro groups is 1. The monoisotopic (exact) mass is 606 g/mol. The Hall–Kier alpha value is -5.09. The van der Waals surface area contributed by atoms with Crippen molar-refractivity contribution in [3.05, 3.63) is 142 Å². The number of ether oxygens (including phenoxy) is 1. The van der Waals surface area contributed by atoms with Crippen molar-refractivity contribution < 1.29 is 14.5 Å². The normalized spacial score (nSPS) is 14.9. The van der Waals surface area contributed by atoms with Crippen LogP contribution < -0.4 is 14.9 Å². The van der Waals surface area contributed by atoms with Crippen LogP contribution in [-0.2, 0) is 16.1 Å². The fourth-order valence-electron chi connectivity index (χ4n) is 5.73. The highest BCUT2D eigenvalue weighted by atomic mass is 32.1. The number of esters is 1. The van der Waals surface area contributed by atoms with Crippen molar-refractivity contribution in [2.45, 2.75) is 40.3 Å². The molecule has 0 bridgehead atoms. The van der Waals surface area contributed by atoms with E-state index in [1.807, 2.05) is 42.6 Å². The molecule has 9 nitrogen and oxygen atoms in total. The number of hydrogen-bond acceptors (Lipinski definition) is 7. The average molecular weight is 607 g/mol. The van der Waals surface area contributed by atoms with Crippen molar-refractivity contribution in [2.75, 3.05) is 6.61 Å². The van der Waals surface area contributed by atoms with Gasteiger partial charge < -0.3 is 9.30 Å². The number of carbonyl (C=O) groups is 1. The highest BCUT2D eigenvalue weighted by molar-refractivity contribution is 7.07. The zero-order valence-electron chi connectivity index (χ0n) is 24.7. The molecule has 1 atom stereocenters. The number of fused-ring (bicyclic) bond motifs is 2. The summed E-state index contributed by atoms with van der Waals surface area (Å²) in [4.78, 5) is 43.8. The molecular formula is C34H30N4O5S. The number of benzene rings is 3.